The van der Waals surface area contributed by atoms with Gasteiger partial charge in [-0.3, -0.25) is 4.79 Å². The largest absolute Gasteiger partial charge is 0.465 e. The van der Waals surface area contributed by atoms with Gasteiger partial charge < -0.3 is 15.2 Å². The molecule has 0 spiro atoms. The molecule has 2 aromatic heterocycles. The minimum atomic E-state index is -0.239. The van der Waals surface area contributed by atoms with Crippen LogP contribution in [-0.4, -0.2) is 34.4 Å². The van der Waals surface area contributed by atoms with E-state index in [4.69, 9.17) is 15.2 Å². The van der Waals surface area contributed by atoms with Crippen LogP contribution in [0.5, 0.6) is 0 Å². The minimum absolute atomic E-state index is 0.195. The van der Waals surface area contributed by atoms with Gasteiger partial charge in [0, 0.05) is 11.3 Å². The zero-order valence-electron chi connectivity index (χ0n) is 16.1. The van der Waals surface area contributed by atoms with Crippen molar-refractivity contribution in [2.45, 2.75) is 64.3 Å². The Balaban J connectivity index is 1.68. The van der Waals surface area contributed by atoms with E-state index in [9.17, 15) is 4.79 Å². The predicted octanol–water partition coefficient (Wildman–Crippen LogP) is 4.20. The monoisotopic (exact) mass is 409 g/mol. The van der Waals surface area contributed by atoms with Crippen molar-refractivity contribution >= 4 is 45.1 Å². The summed E-state index contributed by atoms with van der Waals surface area (Å²) in [7, 11) is 0. The first-order valence-electron chi connectivity index (χ1n) is 9.47. The van der Waals surface area contributed by atoms with Gasteiger partial charge in [-0.05, 0) is 17.9 Å². The number of nitrogen functional groups attached to an aromatic ring is 1. The summed E-state index contributed by atoms with van der Waals surface area (Å²) in [6, 6.07) is 0. The first kappa shape index (κ1) is 20.4. The van der Waals surface area contributed by atoms with Crippen molar-refractivity contribution in [3.8, 4) is 0 Å². The number of anilines is 1. The van der Waals surface area contributed by atoms with Crippen LogP contribution < -0.4 is 5.73 Å². The average Bonchev–Trinajstić information content (AvgIpc) is 3.01. The van der Waals surface area contributed by atoms with Gasteiger partial charge in [0.1, 0.15) is 10.6 Å². The molecule has 8 heteroatoms. The van der Waals surface area contributed by atoms with Crippen molar-refractivity contribution in [2.75, 3.05) is 18.1 Å². The van der Waals surface area contributed by atoms with Gasteiger partial charge in [-0.15, -0.1) is 11.3 Å². The Labute approximate surface area is 168 Å². The summed E-state index contributed by atoms with van der Waals surface area (Å²) < 4.78 is 11.2. The highest BCUT2D eigenvalue weighted by molar-refractivity contribution is 7.99. The number of hydrogen-bond donors (Lipinski definition) is 1. The molecule has 0 amide bonds. The van der Waals surface area contributed by atoms with E-state index < -0.39 is 0 Å². The Morgan fingerprint density at radius 3 is 2.96 bits per heavy atom. The Kier molecular flexibility index (Phi) is 6.94. The summed E-state index contributed by atoms with van der Waals surface area (Å²) in [4.78, 5) is 22.9. The molecule has 6 nitrogen and oxygen atoms in total. The van der Waals surface area contributed by atoms with E-state index in [1.165, 1.54) is 22.2 Å². The molecule has 0 aromatic carbocycles. The first-order chi connectivity index (χ1) is 13.0. The second kappa shape index (κ2) is 9.21. The highest BCUT2D eigenvalue weighted by atomic mass is 32.2. The fourth-order valence-corrected chi connectivity index (χ4v) is 4.92. The molecule has 0 unspecified atom stereocenters. The van der Waals surface area contributed by atoms with Crippen LogP contribution in [0.3, 0.4) is 0 Å². The van der Waals surface area contributed by atoms with Gasteiger partial charge in [0.05, 0.1) is 30.5 Å². The molecule has 0 bridgehead atoms. The van der Waals surface area contributed by atoms with Crippen LogP contribution in [0.15, 0.2) is 5.16 Å². The molecular weight excluding hydrogens is 382 g/mol. The number of thioether (sulfide) groups is 1. The van der Waals surface area contributed by atoms with Gasteiger partial charge in [0.2, 0.25) is 0 Å². The third-order valence-electron chi connectivity index (χ3n) is 4.65. The number of unbranched alkanes of at least 4 members (excludes halogenated alkanes) is 2. The molecule has 3 heterocycles. The zero-order chi connectivity index (χ0) is 19.4. The molecule has 2 aromatic rings. The van der Waals surface area contributed by atoms with Crippen LogP contribution in [0.1, 0.15) is 50.5 Å². The molecule has 0 saturated carbocycles. The highest BCUT2D eigenvalue weighted by Gasteiger charge is 2.27. The van der Waals surface area contributed by atoms with E-state index in [2.05, 4.69) is 30.7 Å². The smallest absolute Gasteiger partial charge is 0.316 e. The van der Waals surface area contributed by atoms with Crippen LogP contribution in [0, 0.1) is 5.92 Å². The number of carbonyl (C=O) groups is 1. The number of hydrogen-bond acceptors (Lipinski definition) is 8. The molecule has 2 N–H and O–H groups in total. The highest BCUT2D eigenvalue weighted by Crippen LogP contribution is 2.39. The first-order valence-corrected chi connectivity index (χ1v) is 11.3. The molecule has 148 valence electrons. The molecule has 1 aliphatic rings. The fraction of sp³-hybridized carbons (Fsp3) is 0.632. The topological polar surface area (TPSA) is 87.3 Å². The predicted molar refractivity (Wildman–Crippen MR) is 110 cm³/mol. The summed E-state index contributed by atoms with van der Waals surface area (Å²) in [5, 5.41) is 1.47. The Morgan fingerprint density at radius 2 is 2.22 bits per heavy atom. The normalized spacial score (nSPS) is 16.7. The third-order valence-corrected chi connectivity index (χ3v) is 6.57. The van der Waals surface area contributed by atoms with E-state index in [-0.39, 0.29) is 17.8 Å². The van der Waals surface area contributed by atoms with E-state index >= 15 is 0 Å². The summed E-state index contributed by atoms with van der Waals surface area (Å²) in [6.45, 7) is 7.53. The van der Waals surface area contributed by atoms with Crippen molar-refractivity contribution in [1.82, 2.24) is 9.97 Å². The van der Waals surface area contributed by atoms with E-state index in [0.29, 0.717) is 30.1 Å². The van der Waals surface area contributed by atoms with Gasteiger partial charge in [-0.25, -0.2) is 9.97 Å². The number of fused-ring (bicyclic) bond motifs is 3. The maximum atomic E-state index is 11.8. The summed E-state index contributed by atoms with van der Waals surface area (Å²) >= 11 is 2.88. The van der Waals surface area contributed by atoms with E-state index in [1.54, 1.807) is 11.3 Å². The second-order valence-corrected chi connectivity index (χ2v) is 9.12. The summed E-state index contributed by atoms with van der Waals surface area (Å²) in [5.74, 6) is 0.895. The van der Waals surface area contributed by atoms with Crippen molar-refractivity contribution in [3.63, 3.8) is 0 Å². The SMILES string of the molecule is CCCCCOC(=O)CSc1nc(N)c2c3c(sc2n1)CO[C@H](C(C)C)C3. The van der Waals surface area contributed by atoms with Crippen LogP contribution in [-0.2, 0) is 27.3 Å². The van der Waals surface area contributed by atoms with Gasteiger partial charge in [0.15, 0.2) is 5.16 Å². The van der Waals surface area contributed by atoms with Crippen LogP contribution >= 0.6 is 23.1 Å². The van der Waals surface area contributed by atoms with E-state index in [1.807, 2.05) is 0 Å². The number of carbonyl (C=O) groups excluding carboxylic acids is 1. The molecular formula is C19H27N3O3S2. The maximum Gasteiger partial charge on any atom is 0.316 e. The lowest BCUT2D eigenvalue weighted by molar-refractivity contribution is -0.140. The number of nitrogens with zero attached hydrogens (tertiary/aromatic N) is 2. The van der Waals surface area contributed by atoms with Gasteiger partial charge in [-0.1, -0.05) is 45.4 Å². The van der Waals surface area contributed by atoms with Gasteiger partial charge in [0.25, 0.3) is 0 Å². The van der Waals surface area contributed by atoms with Gasteiger partial charge in [-0.2, -0.15) is 0 Å². The molecule has 1 aliphatic heterocycles. The lowest BCUT2D eigenvalue weighted by Crippen LogP contribution is -2.26. The molecule has 27 heavy (non-hydrogen) atoms. The lowest BCUT2D eigenvalue weighted by atomic mass is 9.96. The number of aromatic nitrogens is 2. The molecule has 1 atom stereocenters. The standard InChI is InChI=1S/C19H27N3O3S2/c1-4-5-6-7-24-15(23)10-26-19-21-17(20)16-12-8-13(11(2)3)25-9-14(12)27-18(16)22-19/h11,13H,4-10H2,1-3H3,(H2,20,21,22)/t13-/m0/s1. The molecule has 0 aliphatic carbocycles. The van der Waals surface area contributed by atoms with Gasteiger partial charge >= 0.3 is 5.97 Å². The quantitative estimate of drug-likeness (QED) is 0.303. The van der Waals surface area contributed by atoms with Crippen LogP contribution in [0.2, 0.25) is 0 Å². The third kappa shape index (κ3) is 4.92. The van der Waals surface area contributed by atoms with Crippen LogP contribution in [0.4, 0.5) is 5.82 Å². The van der Waals surface area contributed by atoms with Crippen LogP contribution in [0.25, 0.3) is 10.2 Å². The summed E-state index contributed by atoms with van der Waals surface area (Å²) in [6.07, 6.45) is 4.12. The number of esters is 1. The van der Waals surface area contributed by atoms with E-state index in [0.717, 1.165) is 35.9 Å². The van der Waals surface area contributed by atoms with Crippen molar-refractivity contribution < 1.29 is 14.3 Å². The maximum absolute atomic E-state index is 11.8. The zero-order valence-corrected chi connectivity index (χ0v) is 17.8. The fourth-order valence-electron chi connectivity index (χ4n) is 3.08. The number of nitrogens with two attached hydrogens (primary N) is 1. The Hall–Kier alpha value is -1.38. The number of thiophene rings is 1. The molecule has 3 rings (SSSR count). The Bertz CT molecular complexity index is 807. The minimum Gasteiger partial charge on any atom is -0.465 e. The lowest BCUT2D eigenvalue weighted by Gasteiger charge is -2.26. The Morgan fingerprint density at radius 1 is 1.41 bits per heavy atom. The van der Waals surface area contributed by atoms with Crippen molar-refractivity contribution in [2.24, 2.45) is 5.92 Å². The van der Waals surface area contributed by atoms with Crippen molar-refractivity contribution in [1.29, 1.82) is 0 Å². The summed E-state index contributed by atoms with van der Waals surface area (Å²) in [5.41, 5.74) is 7.48. The molecule has 0 radical (unpaired) electrons. The second-order valence-electron chi connectivity index (χ2n) is 7.09. The van der Waals surface area contributed by atoms with Crippen molar-refractivity contribution in [3.05, 3.63) is 10.4 Å². The average molecular weight is 410 g/mol. The number of ether oxygens (including phenoxy) is 2. The molecule has 0 saturated heterocycles. The molecule has 0 fully saturated rings. The number of rotatable bonds is 8.